The third-order valence-corrected chi connectivity index (χ3v) is 3.90. The summed E-state index contributed by atoms with van der Waals surface area (Å²) in [6, 6.07) is 11.5. The smallest absolute Gasteiger partial charge is 0.269 e. The van der Waals surface area contributed by atoms with Crippen molar-refractivity contribution >= 4 is 11.8 Å². The number of rotatable bonds is 9. The first kappa shape index (κ1) is 21.1. The molecule has 7 heteroatoms. The summed E-state index contributed by atoms with van der Waals surface area (Å²) >= 11 is 0. The molecule has 0 atom stereocenters. The van der Waals surface area contributed by atoms with E-state index in [0.717, 1.165) is 12.8 Å². The Morgan fingerprint density at radius 1 is 0.857 bits per heavy atom. The van der Waals surface area contributed by atoms with E-state index in [1.807, 2.05) is 6.92 Å². The Hall–Kier alpha value is -3.22. The molecule has 0 spiro atoms. The van der Waals surface area contributed by atoms with Gasteiger partial charge in [0.1, 0.15) is 5.75 Å². The normalized spacial score (nSPS) is 10.1. The minimum atomic E-state index is -0.460. The molecule has 0 heterocycles. The van der Waals surface area contributed by atoms with Gasteiger partial charge in [0, 0.05) is 11.1 Å². The van der Waals surface area contributed by atoms with E-state index in [1.54, 1.807) is 42.5 Å². The molecule has 0 aliphatic heterocycles. The van der Waals surface area contributed by atoms with Gasteiger partial charge in [-0.3, -0.25) is 20.4 Å². The summed E-state index contributed by atoms with van der Waals surface area (Å²) < 4.78 is 16.3. The lowest BCUT2D eigenvalue weighted by molar-refractivity contribution is 0.0846. The van der Waals surface area contributed by atoms with Crippen molar-refractivity contribution in [3.63, 3.8) is 0 Å². The summed E-state index contributed by atoms with van der Waals surface area (Å²) in [4.78, 5) is 24.5. The van der Waals surface area contributed by atoms with E-state index in [-0.39, 0.29) is 0 Å². The van der Waals surface area contributed by atoms with Gasteiger partial charge >= 0.3 is 0 Å². The van der Waals surface area contributed by atoms with Crippen LogP contribution in [0.2, 0.25) is 0 Å². The van der Waals surface area contributed by atoms with Crippen LogP contribution in [0.3, 0.4) is 0 Å². The number of amides is 2. The van der Waals surface area contributed by atoms with Crippen LogP contribution in [0.5, 0.6) is 17.2 Å². The van der Waals surface area contributed by atoms with Gasteiger partial charge in [0.15, 0.2) is 11.5 Å². The predicted molar refractivity (Wildman–Crippen MR) is 106 cm³/mol. The second kappa shape index (κ2) is 10.8. The molecule has 0 radical (unpaired) electrons. The van der Waals surface area contributed by atoms with Crippen LogP contribution < -0.4 is 25.1 Å². The maximum atomic E-state index is 12.3. The number of ether oxygens (including phenoxy) is 3. The van der Waals surface area contributed by atoms with Crippen molar-refractivity contribution in [3.8, 4) is 17.2 Å². The van der Waals surface area contributed by atoms with Crippen LogP contribution >= 0.6 is 0 Å². The first-order valence-electron chi connectivity index (χ1n) is 9.23. The zero-order valence-corrected chi connectivity index (χ0v) is 16.4. The molecule has 2 N–H and O–H groups in total. The van der Waals surface area contributed by atoms with E-state index in [0.29, 0.717) is 41.6 Å². The minimum absolute atomic E-state index is 0.340. The van der Waals surface area contributed by atoms with Gasteiger partial charge in [-0.2, -0.15) is 0 Å². The van der Waals surface area contributed by atoms with E-state index in [4.69, 9.17) is 14.2 Å². The first-order valence-corrected chi connectivity index (χ1v) is 9.23. The number of hydrazine groups is 1. The lowest BCUT2D eigenvalue weighted by Gasteiger charge is -2.12. The van der Waals surface area contributed by atoms with Gasteiger partial charge in [-0.15, -0.1) is 0 Å². The van der Waals surface area contributed by atoms with Gasteiger partial charge < -0.3 is 14.2 Å². The molecule has 0 aliphatic carbocycles. The fourth-order valence-electron chi connectivity index (χ4n) is 2.38. The van der Waals surface area contributed by atoms with Crippen LogP contribution in [0.15, 0.2) is 42.5 Å². The molecule has 2 amide bonds. The molecular formula is C21H26N2O5. The molecule has 0 fully saturated rings. The molecule has 150 valence electrons. The Morgan fingerprint density at radius 3 is 2.11 bits per heavy atom. The molecule has 0 saturated carbocycles. The van der Waals surface area contributed by atoms with Crippen LogP contribution in [0.4, 0.5) is 0 Å². The standard InChI is InChI=1S/C21H26N2O5/c1-4-6-13-28-18-12-9-16(14-19(18)26-3)21(25)23-22-20(24)15-7-10-17(11-8-15)27-5-2/h7-12,14H,4-6,13H2,1-3H3,(H,22,24)(H,23,25). The molecule has 0 unspecified atom stereocenters. The summed E-state index contributed by atoms with van der Waals surface area (Å²) in [6.45, 7) is 5.09. The average molecular weight is 386 g/mol. The summed E-state index contributed by atoms with van der Waals surface area (Å²) in [5.74, 6) is 0.824. The summed E-state index contributed by atoms with van der Waals surface area (Å²) in [6.07, 6.45) is 1.96. The Morgan fingerprint density at radius 2 is 1.50 bits per heavy atom. The van der Waals surface area contributed by atoms with Crippen molar-refractivity contribution < 1.29 is 23.8 Å². The maximum Gasteiger partial charge on any atom is 0.269 e. The Balaban J connectivity index is 1.95. The fraction of sp³-hybridized carbons (Fsp3) is 0.333. The van der Waals surface area contributed by atoms with Gasteiger partial charge in [-0.25, -0.2) is 0 Å². The number of carbonyl (C=O) groups excluding carboxylic acids is 2. The monoisotopic (exact) mass is 386 g/mol. The van der Waals surface area contributed by atoms with Gasteiger partial charge in [-0.05, 0) is 55.8 Å². The second-order valence-corrected chi connectivity index (χ2v) is 5.93. The minimum Gasteiger partial charge on any atom is -0.494 e. The molecule has 0 bridgehead atoms. The largest absolute Gasteiger partial charge is 0.494 e. The summed E-state index contributed by atoms with van der Waals surface area (Å²) in [5.41, 5.74) is 5.53. The van der Waals surface area contributed by atoms with Crippen LogP contribution in [0.1, 0.15) is 47.4 Å². The van der Waals surface area contributed by atoms with E-state index in [1.165, 1.54) is 7.11 Å². The van der Waals surface area contributed by atoms with Crippen molar-refractivity contribution in [1.29, 1.82) is 0 Å². The Labute approximate surface area is 165 Å². The molecule has 2 rings (SSSR count). The van der Waals surface area contributed by atoms with Crippen LogP contribution in [0, 0.1) is 0 Å². The highest BCUT2D eigenvalue weighted by atomic mass is 16.5. The highest BCUT2D eigenvalue weighted by Gasteiger charge is 2.13. The number of hydrogen-bond acceptors (Lipinski definition) is 5. The molecule has 0 aliphatic rings. The van der Waals surface area contributed by atoms with Crippen molar-refractivity contribution in [3.05, 3.63) is 53.6 Å². The molecule has 2 aromatic carbocycles. The number of benzene rings is 2. The molecule has 2 aromatic rings. The van der Waals surface area contributed by atoms with E-state index < -0.39 is 11.8 Å². The highest BCUT2D eigenvalue weighted by Crippen LogP contribution is 2.28. The third-order valence-electron chi connectivity index (χ3n) is 3.90. The van der Waals surface area contributed by atoms with Crippen molar-refractivity contribution in [2.75, 3.05) is 20.3 Å². The Kier molecular flexibility index (Phi) is 8.14. The van der Waals surface area contributed by atoms with Crippen LogP contribution in [-0.4, -0.2) is 32.1 Å². The molecule has 28 heavy (non-hydrogen) atoms. The third kappa shape index (κ3) is 5.90. The molecule has 7 nitrogen and oxygen atoms in total. The topological polar surface area (TPSA) is 85.9 Å². The van der Waals surface area contributed by atoms with Crippen molar-refractivity contribution in [1.82, 2.24) is 10.9 Å². The van der Waals surface area contributed by atoms with Gasteiger partial charge in [0.05, 0.1) is 20.3 Å². The quantitative estimate of drug-likeness (QED) is 0.510. The average Bonchev–Trinajstić information content (AvgIpc) is 2.72. The molecule has 0 aromatic heterocycles. The highest BCUT2D eigenvalue weighted by molar-refractivity contribution is 5.99. The Bertz CT molecular complexity index is 790. The second-order valence-electron chi connectivity index (χ2n) is 5.93. The van der Waals surface area contributed by atoms with Crippen LogP contribution in [0.25, 0.3) is 0 Å². The zero-order chi connectivity index (χ0) is 20.4. The number of nitrogens with one attached hydrogen (secondary N) is 2. The molecular weight excluding hydrogens is 360 g/mol. The van der Waals surface area contributed by atoms with E-state index in [2.05, 4.69) is 17.8 Å². The van der Waals surface area contributed by atoms with Crippen LogP contribution in [-0.2, 0) is 0 Å². The van der Waals surface area contributed by atoms with E-state index >= 15 is 0 Å². The zero-order valence-electron chi connectivity index (χ0n) is 16.4. The summed E-state index contributed by atoms with van der Waals surface area (Å²) in [5, 5.41) is 0. The summed E-state index contributed by atoms with van der Waals surface area (Å²) in [7, 11) is 1.51. The van der Waals surface area contributed by atoms with Crippen molar-refractivity contribution in [2.24, 2.45) is 0 Å². The lowest BCUT2D eigenvalue weighted by atomic mass is 10.2. The first-order chi connectivity index (χ1) is 13.6. The maximum absolute atomic E-state index is 12.3. The number of hydrogen-bond donors (Lipinski definition) is 2. The van der Waals surface area contributed by atoms with E-state index in [9.17, 15) is 9.59 Å². The number of methoxy groups -OCH3 is 1. The predicted octanol–water partition coefficient (Wildman–Crippen LogP) is 3.35. The van der Waals surface area contributed by atoms with Gasteiger partial charge in [-0.1, -0.05) is 13.3 Å². The number of carbonyl (C=O) groups is 2. The SMILES string of the molecule is CCCCOc1ccc(C(=O)NNC(=O)c2ccc(OCC)cc2)cc1OC. The van der Waals surface area contributed by atoms with Gasteiger partial charge in [0.2, 0.25) is 0 Å². The van der Waals surface area contributed by atoms with Gasteiger partial charge in [0.25, 0.3) is 11.8 Å². The fourth-order valence-corrected chi connectivity index (χ4v) is 2.38. The van der Waals surface area contributed by atoms with Crippen molar-refractivity contribution in [2.45, 2.75) is 26.7 Å². The molecule has 0 saturated heterocycles. The number of unbranched alkanes of at least 4 members (excludes halogenated alkanes) is 1. The lowest BCUT2D eigenvalue weighted by Crippen LogP contribution is -2.41.